The summed E-state index contributed by atoms with van der Waals surface area (Å²) in [6.07, 6.45) is 1.94. The van der Waals surface area contributed by atoms with Crippen molar-refractivity contribution in [2.75, 3.05) is 19.3 Å². The quantitative estimate of drug-likeness (QED) is 0.573. The third kappa shape index (κ3) is 5.91. The Kier molecular flexibility index (Phi) is 6.85. The highest BCUT2D eigenvalue weighted by atomic mass is 32.2. The van der Waals surface area contributed by atoms with Crippen molar-refractivity contribution in [1.29, 1.82) is 0 Å². The number of hydrogen-bond donors (Lipinski definition) is 2. The first-order valence-electron chi connectivity index (χ1n) is 8.69. The summed E-state index contributed by atoms with van der Waals surface area (Å²) < 4.78 is 28.6. The zero-order chi connectivity index (χ0) is 19.2. The van der Waals surface area contributed by atoms with Gasteiger partial charge in [0, 0.05) is 19.3 Å². The van der Waals surface area contributed by atoms with Crippen LogP contribution in [-0.4, -0.2) is 33.7 Å². The van der Waals surface area contributed by atoms with Gasteiger partial charge in [-0.3, -0.25) is 4.99 Å². The molecule has 1 heterocycles. The lowest BCUT2D eigenvalue weighted by Crippen LogP contribution is -2.38. The maximum atomic E-state index is 11.5. The lowest BCUT2D eigenvalue weighted by molar-refractivity contribution is 0.441. The standard InChI is InChI=1S/C19H27N3O3S/c1-5-20-19(22-15(3)18-11-6-14(2)25-18)21-13-12-16-7-9-17(10-8-16)26(4,23)24/h6-11,15H,5,12-13H2,1-4H3,(H2,20,21,22). The Morgan fingerprint density at radius 1 is 1.19 bits per heavy atom. The van der Waals surface area contributed by atoms with Crippen LogP contribution in [0.4, 0.5) is 0 Å². The van der Waals surface area contributed by atoms with Crippen molar-refractivity contribution in [3.8, 4) is 0 Å². The Bertz CT molecular complexity index is 839. The first-order valence-corrected chi connectivity index (χ1v) is 10.6. The summed E-state index contributed by atoms with van der Waals surface area (Å²) in [5.41, 5.74) is 1.05. The molecule has 6 nitrogen and oxygen atoms in total. The number of nitrogens with zero attached hydrogens (tertiary/aromatic N) is 1. The van der Waals surface area contributed by atoms with Crippen molar-refractivity contribution < 1.29 is 12.8 Å². The summed E-state index contributed by atoms with van der Waals surface area (Å²) in [6, 6.07) is 10.9. The SMILES string of the molecule is CCNC(=NCCc1ccc(S(C)(=O)=O)cc1)NC(C)c1ccc(C)o1. The fourth-order valence-electron chi connectivity index (χ4n) is 2.48. The van der Waals surface area contributed by atoms with E-state index in [-0.39, 0.29) is 6.04 Å². The number of sulfone groups is 1. The third-order valence-corrected chi connectivity index (χ3v) is 5.04. The van der Waals surface area contributed by atoms with E-state index in [1.807, 2.05) is 45.0 Å². The van der Waals surface area contributed by atoms with Crippen LogP contribution in [0.3, 0.4) is 0 Å². The van der Waals surface area contributed by atoms with Crippen LogP contribution in [0.5, 0.6) is 0 Å². The minimum Gasteiger partial charge on any atom is -0.464 e. The summed E-state index contributed by atoms with van der Waals surface area (Å²) in [4.78, 5) is 4.92. The molecule has 1 atom stereocenters. The first kappa shape index (κ1) is 20.0. The molecule has 0 radical (unpaired) electrons. The third-order valence-electron chi connectivity index (χ3n) is 3.91. The van der Waals surface area contributed by atoms with Gasteiger partial charge in [-0.1, -0.05) is 12.1 Å². The molecule has 0 aliphatic rings. The van der Waals surface area contributed by atoms with E-state index in [0.29, 0.717) is 11.4 Å². The van der Waals surface area contributed by atoms with E-state index in [1.165, 1.54) is 6.26 Å². The average molecular weight is 378 g/mol. The molecule has 0 bridgehead atoms. The summed E-state index contributed by atoms with van der Waals surface area (Å²) in [7, 11) is -3.16. The maximum absolute atomic E-state index is 11.5. The van der Waals surface area contributed by atoms with Crippen LogP contribution in [0.1, 0.15) is 37.0 Å². The van der Waals surface area contributed by atoms with Gasteiger partial charge >= 0.3 is 0 Å². The van der Waals surface area contributed by atoms with Crippen LogP contribution in [0.2, 0.25) is 0 Å². The second-order valence-corrected chi connectivity index (χ2v) is 8.26. The maximum Gasteiger partial charge on any atom is 0.191 e. The lowest BCUT2D eigenvalue weighted by atomic mass is 10.1. The van der Waals surface area contributed by atoms with E-state index in [2.05, 4.69) is 15.6 Å². The van der Waals surface area contributed by atoms with Gasteiger partial charge in [-0.15, -0.1) is 0 Å². The molecule has 0 aliphatic carbocycles. The van der Waals surface area contributed by atoms with Crippen LogP contribution in [0, 0.1) is 6.92 Å². The van der Waals surface area contributed by atoms with Crippen LogP contribution >= 0.6 is 0 Å². The molecule has 1 unspecified atom stereocenters. The molecular formula is C19H27N3O3S. The van der Waals surface area contributed by atoms with E-state index in [1.54, 1.807) is 12.1 Å². The molecule has 0 spiro atoms. The molecule has 26 heavy (non-hydrogen) atoms. The van der Waals surface area contributed by atoms with E-state index < -0.39 is 9.84 Å². The molecule has 142 valence electrons. The number of nitrogens with one attached hydrogen (secondary N) is 2. The van der Waals surface area contributed by atoms with Crippen molar-refractivity contribution in [2.45, 2.75) is 38.1 Å². The van der Waals surface area contributed by atoms with E-state index in [0.717, 1.165) is 36.0 Å². The monoisotopic (exact) mass is 377 g/mol. The molecule has 0 aliphatic heterocycles. The predicted octanol–water partition coefficient (Wildman–Crippen LogP) is 2.85. The first-order chi connectivity index (χ1) is 12.3. The zero-order valence-electron chi connectivity index (χ0n) is 15.7. The molecule has 1 aromatic heterocycles. The molecule has 0 saturated heterocycles. The fraction of sp³-hybridized carbons (Fsp3) is 0.421. The smallest absolute Gasteiger partial charge is 0.191 e. The van der Waals surface area contributed by atoms with Gasteiger partial charge in [0.15, 0.2) is 15.8 Å². The minimum absolute atomic E-state index is 0.00976. The van der Waals surface area contributed by atoms with Crippen molar-refractivity contribution >= 4 is 15.8 Å². The predicted molar refractivity (Wildman–Crippen MR) is 104 cm³/mol. The molecule has 0 amide bonds. The van der Waals surface area contributed by atoms with Gasteiger partial charge in [0.1, 0.15) is 11.5 Å². The molecule has 0 fully saturated rings. The normalized spacial score (nSPS) is 13.5. The summed E-state index contributed by atoms with van der Waals surface area (Å²) >= 11 is 0. The van der Waals surface area contributed by atoms with Crippen molar-refractivity contribution in [3.05, 3.63) is 53.5 Å². The molecule has 2 N–H and O–H groups in total. The topological polar surface area (TPSA) is 83.7 Å². The number of rotatable bonds is 7. The number of aliphatic imine (C=N–C) groups is 1. The van der Waals surface area contributed by atoms with E-state index in [4.69, 9.17) is 4.42 Å². The van der Waals surface area contributed by atoms with Crippen LogP contribution in [-0.2, 0) is 16.3 Å². The number of benzene rings is 1. The molecule has 7 heteroatoms. The van der Waals surface area contributed by atoms with Crippen LogP contribution < -0.4 is 10.6 Å². The highest BCUT2D eigenvalue weighted by molar-refractivity contribution is 7.90. The van der Waals surface area contributed by atoms with Gasteiger partial charge in [-0.25, -0.2) is 8.42 Å². The van der Waals surface area contributed by atoms with Crippen molar-refractivity contribution in [2.24, 2.45) is 4.99 Å². The Hall–Kier alpha value is -2.28. The Morgan fingerprint density at radius 3 is 2.42 bits per heavy atom. The minimum atomic E-state index is -3.16. The van der Waals surface area contributed by atoms with Gasteiger partial charge in [0.25, 0.3) is 0 Å². The largest absolute Gasteiger partial charge is 0.464 e. The number of furan rings is 1. The fourth-order valence-corrected chi connectivity index (χ4v) is 3.11. The van der Waals surface area contributed by atoms with E-state index in [9.17, 15) is 8.42 Å². The summed E-state index contributed by atoms with van der Waals surface area (Å²) in [6.45, 7) is 7.32. The average Bonchev–Trinajstić information content (AvgIpc) is 3.01. The Morgan fingerprint density at radius 2 is 1.88 bits per heavy atom. The Labute approximate surface area is 155 Å². The van der Waals surface area contributed by atoms with E-state index >= 15 is 0 Å². The van der Waals surface area contributed by atoms with Gasteiger partial charge < -0.3 is 15.1 Å². The van der Waals surface area contributed by atoms with Gasteiger partial charge in [-0.2, -0.15) is 0 Å². The number of guanidine groups is 1. The van der Waals surface area contributed by atoms with Crippen LogP contribution in [0.15, 0.2) is 50.7 Å². The van der Waals surface area contributed by atoms with Crippen molar-refractivity contribution in [3.63, 3.8) is 0 Å². The highest BCUT2D eigenvalue weighted by Crippen LogP contribution is 2.15. The van der Waals surface area contributed by atoms with Gasteiger partial charge in [0.05, 0.1) is 10.9 Å². The zero-order valence-corrected chi connectivity index (χ0v) is 16.6. The summed E-state index contributed by atoms with van der Waals surface area (Å²) in [5.74, 6) is 2.47. The van der Waals surface area contributed by atoms with Crippen molar-refractivity contribution in [1.82, 2.24) is 10.6 Å². The second kappa shape index (κ2) is 8.89. The summed E-state index contributed by atoms with van der Waals surface area (Å²) in [5, 5.41) is 6.55. The number of aryl methyl sites for hydroxylation is 1. The molecule has 0 saturated carbocycles. The van der Waals surface area contributed by atoms with Crippen LogP contribution in [0.25, 0.3) is 0 Å². The Balaban J connectivity index is 1.96. The molecule has 1 aromatic carbocycles. The number of hydrogen-bond acceptors (Lipinski definition) is 4. The molecule has 2 aromatic rings. The molecular weight excluding hydrogens is 350 g/mol. The lowest BCUT2D eigenvalue weighted by Gasteiger charge is -2.16. The second-order valence-electron chi connectivity index (χ2n) is 6.24. The van der Waals surface area contributed by atoms with Gasteiger partial charge in [-0.05, 0) is 57.0 Å². The van der Waals surface area contributed by atoms with Gasteiger partial charge in [0.2, 0.25) is 0 Å². The molecule has 2 rings (SSSR count). The highest BCUT2D eigenvalue weighted by Gasteiger charge is 2.11.